The van der Waals surface area contributed by atoms with Gasteiger partial charge in [0.2, 0.25) is 5.91 Å². The minimum atomic E-state index is -0.946. The Morgan fingerprint density at radius 2 is 2.06 bits per heavy atom. The van der Waals surface area contributed by atoms with Crippen LogP contribution in [0.2, 0.25) is 0 Å². The maximum atomic E-state index is 13.6. The van der Waals surface area contributed by atoms with E-state index in [1.54, 1.807) is 16.9 Å². The van der Waals surface area contributed by atoms with Crippen LogP contribution in [0.25, 0.3) is 0 Å². The number of ether oxygens (including phenoxy) is 1. The number of benzene rings is 1. The van der Waals surface area contributed by atoms with E-state index in [1.165, 1.54) is 16.7 Å². The molecule has 0 unspecified atom stereocenters. The van der Waals surface area contributed by atoms with Crippen molar-refractivity contribution in [3.8, 4) is 0 Å². The summed E-state index contributed by atoms with van der Waals surface area (Å²) in [5.74, 6) is -0.0694. The van der Waals surface area contributed by atoms with Gasteiger partial charge in [-0.2, -0.15) is 0 Å². The number of methoxy groups -OCH3 is 1. The number of carbonyl (C=O) groups is 3. The van der Waals surface area contributed by atoms with E-state index in [-0.39, 0.29) is 29.1 Å². The average molecular weight is 478 g/mol. The minimum Gasteiger partial charge on any atom is -0.465 e. The number of carboxylic acid groups (broad SMARTS) is 1. The van der Waals surface area contributed by atoms with Gasteiger partial charge in [0, 0.05) is 49.9 Å². The molecule has 1 saturated heterocycles. The molecular formula is C24H35N3O5S. The standard InChI is InChI=1S/C24H35N3O5S/c1-16(2)27(19-8-7-11-25(15-19)24(30)31)23(29)18-9-10-21-20(14-18)26(12-5-6-13-32-4)22(28)17(3)33-21/h9-10,14,16-17,19H,5-8,11-13,15H2,1-4H3,(H,30,31)/t17-,19-/m1/s1. The predicted molar refractivity (Wildman–Crippen MR) is 129 cm³/mol. The fraction of sp³-hybridized carbons (Fsp3) is 0.625. The van der Waals surface area contributed by atoms with Gasteiger partial charge in [0.05, 0.1) is 17.0 Å². The van der Waals surface area contributed by atoms with Crippen molar-refractivity contribution >= 4 is 35.4 Å². The third-order valence-corrected chi connectivity index (χ3v) is 7.40. The van der Waals surface area contributed by atoms with Crippen LogP contribution in [0.15, 0.2) is 23.1 Å². The first-order valence-electron chi connectivity index (χ1n) is 11.7. The highest BCUT2D eigenvalue weighted by Gasteiger charge is 2.35. The fourth-order valence-electron chi connectivity index (χ4n) is 4.61. The molecule has 182 valence electrons. The monoisotopic (exact) mass is 477 g/mol. The summed E-state index contributed by atoms with van der Waals surface area (Å²) in [6.07, 6.45) is 2.24. The number of hydrogen-bond donors (Lipinski definition) is 1. The average Bonchev–Trinajstić information content (AvgIpc) is 2.78. The number of amides is 3. The number of rotatable bonds is 8. The lowest BCUT2D eigenvalue weighted by Crippen LogP contribution is -2.53. The first-order chi connectivity index (χ1) is 15.7. The van der Waals surface area contributed by atoms with Crippen LogP contribution in [-0.4, -0.2) is 83.5 Å². The molecule has 0 bridgehead atoms. The zero-order chi connectivity index (χ0) is 24.1. The van der Waals surface area contributed by atoms with Crippen LogP contribution in [-0.2, 0) is 9.53 Å². The molecular weight excluding hydrogens is 442 g/mol. The van der Waals surface area contributed by atoms with Gasteiger partial charge in [0.25, 0.3) is 5.91 Å². The van der Waals surface area contributed by atoms with Crippen LogP contribution in [0.1, 0.15) is 56.8 Å². The van der Waals surface area contributed by atoms with Gasteiger partial charge in [0.15, 0.2) is 0 Å². The number of nitrogens with zero attached hydrogens (tertiary/aromatic N) is 3. The summed E-state index contributed by atoms with van der Waals surface area (Å²) in [5.41, 5.74) is 1.31. The van der Waals surface area contributed by atoms with Gasteiger partial charge >= 0.3 is 6.09 Å². The Balaban J connectivity index is 1.86. The van der Waals surface area contributed by atoms with Gasteiger partial charge in [-0.05, 0) is 64.7 Å². The van der Waals surface area contributed by atoms with Crippen molar-refractivity contribution in [3.63, 3.8) is 0 Å². The van der Waals surface area contributed by atoms with Gasteiger partial charge in [0.1, 0.15) is 0 Å². The van der Waals surface area contributed by atoms with E-state index < -0.39 is 6.09 Å². The highest BCUT2D eigenvalue weighted by atomic mass is 32.2. The van der Waals surface area contributed by atoms with Crippen LogP contribution in [0.4, 0.5) is 10.5 Å². The molecule has 0 saturated carbocycles. The Kier molecular flexibility index (Phi) is 8.64. The van der Waals surface area contributed by atoms with Crippen molar-refractivity contribution in [1.29, 1.82) is 0 Å². The highest BCUT2D eigenvalue weighted by Crippen LogP contribution is 2.40. The summed E-state index contributed by atoms with van der Waals surface area (Å²) in [6, 6.07) is 5.35. The summed E-state index contributed by atoms with van der Waals surface area (Å²) in [5, 5.41) is 9.25. The van der Waals surface area contributed by atoms with Crippen molar-refractivity contribution in [2.45, 2.75) is 68.7 Å². The quantitative estimate of drug-likeness (QED) is 0.571. The molecule has 1 N–H and O–H groups in total. The summed E-state index contributed by atoms with van der Waals surface area (Å²) in [4.78, 5) is 44.1. The minimum absolute atomic E-state index is 0.0552. The lowest BCUT2D eigenvalue weighted by molar-refractivity contribution is -0.118. The number of unbranched alkanes of at least 4 members (excludes halogenated alkanes) is 1. The summed E-state index contributed by atoms with van der Waals surface area (Å²) in [6.45, 7) is 7.88. The number of piperidine rings is 1. The zero-order valence-electron chi connectivity index (χ0n) is 20.0. The lowest BCUT2D eigenvalue weighted by Gasteiger charge is -2.41. The smallest absolute Gasteiger partial charge is 0.407 e. The van der Waals surface area contributed by atoms with E-state index in [0.29, 0.717) is 31.8 Å². The van der Waals surface area contributed by atoms with Crippen molar-refractivity contribution < 1.29 is 24.2 Å². The summed E-state index contributed by atoms with van der Waals surface area (Å²) in [7, 11) is 1.67. The second-order valence-electron chi connectivity index (χ2n) is 8.96. The van der Waals surface area contributed by atoms with E-state index in [1.807, 2.05) is 39.0 Å². The van der Waals surface area contributed by atoms with Gasteiger partial charge in [-0.1, -0.05) is 0 Å². The SMILES string of the molecule is COCCCCN1C(=O)[C@@H](C)Sc2ccc(C(=O)N(C(C)C)[C@@H]3CCCN(C(=O)O)C3)cc21. The van der Waals surface area contributed by atoms with E-state index in [0.717, 1.165) is 36.3 Å². The zero-order valence-corrected chi connectivity index (χ0v) is 20.8. The number of likely N-dealkylation sites (tertiary alicyclic amines) is 1. The lowest BCUT2D eigenvalue weighted by atomic mass is 10.0. The number of thioether (sulfide) groups is 1. The molecule has 0 aromatic heterocycles. The molecule has 1 aromatic rings. The van der Waals surface area contributed by atoms with Crippen molar-refractivity contribution in [2.24, 2.45) is 0 Å². The van der Waals surface area contributed by atoms with Gasteiger partial charge in [-0.25, -0.2) is 4.79 Å². The van der Waals surface area contributed by atoms with Gasteiger partial charge in [-0.3, -0.25) is 9.59 Å². The third-order valence-electron chi connectivity index (χ3n) is 6.25. The number of fused-ring (bicyclic) bond motifs is 1. The number of hydrogen-bond acceptors (Lipinski definition) is 5. The molecule has 1 aromatic carbocycles. The van der Waals surface area contributed by atoms with Crippen LogP contribution >= 0.6 is 11.8 Å². The largest absolute Gasteiger partial charge is 0.465 e. The maximum absolute atomic E-state index is 13.6. The molecule has 33 heavy (non-hydrogen) atoms. The van der Waals surface area contributed by atoms with E-state index in [9.17, 15) is 19.5 Å². The first-order valence-corrected chi connectivity index (χ1v) is 12.5. The Hall–Kier alpha value is -2.26. The van der Waals surface area contributed by atoms with Crippen molar-refractivity contribution in [1.82, 2.24) is 9.80 Å². The van der Waals surface area contributed by atoms with Crippen molar-refractivity contribution in [3.05, 3.63) is 23.8 Å². The second kappa shape index (κ2) is 11.2. The molecule has 2 heterocycles. The Bertz CT molecular complexity index is 878. The second-order valence-corrected chi connectivity index (χ2v) is 10.3. The Labute approximate surface area is 200 Å². The van der Waals surface area contributed by atoms with Crippen LogP contribution < -0.4 is 4.90 Å². The van der Waals surface area contributed by atoms with E-state index in [2.05, 4.69) is 0 Å². The molecule has 8 nitrogen and oxygen atoms in total. The highest BCUT2D eigenvalue weighted by molar-refractivity contribution is 8.01. The van der Waals surface area contributed by atoms with Crippen LogP contribution in [0.3, 0.4) is 0 Å². The molecule has 0 radical (unpaired) electrons. The molecule has 9 heteroatoms. The van der Waals surface area contributed by atoms with Crippen molar-refractivity contribution in [2.75, 3.05) is 38.3 Å². The molecule has 2 atom stereocenters. The number of carbonyl (C=O) groups excluding carboxylic acids is 2. The Morgan fingerprint density at radius 3 is 2.73 bits per heavy atom. The third kappa shape index (κ3) is 5.81. The predicted octanol–water partition coefficient (Wildman–Crippen LogP) is 3.93. The van der Waals surface area contributed by atoms with Gasteiger partial charge < -0.3 is 24.5 Å². The topological polar surface area (TPSA) is 90.4 Å². The summed E-state index contributed by atoms with van der Waals surface area (Å²) < 4.78 is 5.13. The molecule has 0 spiro atoms. The Morgan fingerprint density at radius 1 is 1.30 bits per heavy atom. The molecule has 2 aliphatic heterocycles. The molecule has 3 amide bonds. The van der Waals surface area contributed by atoms with E-state index >= 15 is 0 Å². The molecule has 0 aliphatic carbocycles. The maximum Gasteiger partial charge on any atom is 0.407 e. The van der Waals surface area contributed by atoms with E-state index in [4.69, 9.17) is 4.74 Å². The van der Waals surface area contributed by atoms with Crippen LogP contribution in [0.5, 0.6) is 0 Å². The molecule has 2 aliphatic rings. The van der Waals surface area contributed by atoms with Gasteiger partial charge in [-0.15, -0.1) is 11.8 Å². The first kappa shape index (κ1) is 25.4. The van der Waals surface area contributed by atoms with Crippen LogP contribution in [0, 0.1) is 0 Å². The fourth-order valence-corrected chi connectivity index (χ4v) is 5.66. The number of anilines is 1. The summed E-state index contributed by atoms with van der Waals surface area (Å²) >= 11 is 1.52. The normalized spacial score (nSPS) is 20.7. The molecule has 1 fully saturated rings. The molecule has 3 rings (SSSR count).